The fraction of sp³-hybridized carbons (Fsp3) is 0.333. The average Bonchev–Trinajstić information content (AvgIpc) is 2.35. The molecule has 0 unspecified atom stereocenters. The molecule has 0 saturated carbocycles. The van der Waals surface area contributed by atoms with E-state index in [4.69, 9.17) is 0 Å². The van der Waals surface area contributed by atoms with Crippen molar-refractivity contribution in [2.45, 2.75) is 13.8 Å². The van der Waals surface area contributed by atoms with Crippen LogP contribution in [-0.4, -0.2) is 37.7 Å². The highest BCUT2D eigenvalue weighted by Crippen LogP contribution is 2.21. The minimum absolute atomic E-state index is 0.0588. The number of ketones is 1. The van der Waals surface area contributed by atoms with Gasteiger partial charge in [-0.25, -0.2) is 0 Å². The van der Waals surface area contributed by atoms with E-state index >= 15 is 0 Å². The molecular weight excluding hydrogens is 240 g/mol. The second-order valence-electron chi connectivity index (χ2n) is 4.72. The third kappa shape index (κ3) is 3.95. The lowest BCUT2D eigenvalue weighted by Gasteiger charge is -2.18. The highest BCUT2D eigenvalue weighted by molar-refractivity contribution is 6.05. The summed E-state index contributed by atoms with van der Waals surface area (Å²) in [4.78, 5) is 26.7. The van der Waals surface area contributed by atoms with Crippen molar-refractivity contribution in [1.82, 2.24) is 4.90 Å². The van der Waals surface area contributed by atoms with Crippen molar-refractivity contribution in [3.63, 3.8) is 0 Å². The standard InChI is InChI=1S/C15H20N2O2/c1-11-6-7-13(15(19)8-9-16(3)4)10-14(11)17(5)12(2)18/h6-10H,1-5H3/b9-8+. The minimum atomic E-state index is -0.0769. The van der Waals surface area contributed by atoms with Gasteiger partial charge in [-0.1, -0.05) is 12.1 Å². The van der Waals surface area contributed by atoms with Crippen molar-refractivity contribution < 1.29 is 9.59 Å². The van der Waals surface area contributed by atoms with Crippen LogP contribution in [0, 0.1) is 6.92 Å². The van der Waals surface area contributed by atoms with Crippen LogP contribution in [-0.2, 0) is 4.79 Å². The van der Waals surface area contributed by atoms with Crippen LogP contribution in [0.2, 0.25) is 0 Å². The third-order valence-electron chi connectivity index (χ3n) is 2.85. The molecular formula is C15H20N2O2. The smallest absolute Gasteiger partial charge is 0.223 e. The van der Waals surface area contributed by atoms with Crippen molar-refractivity contribution in [3.05, 3.63) is 41.6 Å². The Morgan fingerprint density at radius 1 is 1.16 bits per heavy atom. The fourth-order valence-corrected chi connectivity index (χ4v) is 1.61. The van der Waals surface area contributed by atoms with Gasteiger partial charge in [-0.15, -0.1) is 0 Å². The Bertz CT molecular complexity index is 519. The molecule has 1 amide bonds. The Morgan fingerprint density at radius 2 is 1.79 bits per heavy atom. The zero-order valence-electron chi connectivity index (χ0n) is 12.1. The van der Waals surface area contributed by atoms with Gasteiger partial charge in [0.05, 0.1) is 0 Å². The number of carbonyl (C=O) groups excluding carboxylic acids is 2. The number of carbonyl (C=O) groups is 2. The number of hydrogen-bond donors (Lipinski definition) is 0. The zero-order chi connectivity index (χ0) is 14.6. The minimum Gasteiger partial charge on any atom is -0.383 e. The summed E-state index contributed by atoms with van der Waals surface area (Å²) < 4.78 is 0. The average molecular weight is 260 g/mol. The number of benzene rings is 1. The Kier molecular flexibility index (Phi) is 4.87. The van der Waals surface area contributed by atoms with Crippen LogP contribution >= 0.6 is 0 Å². The maximum Gasteiger partial charge on any atom is 0.223 e. The van der Waals surface area contributed by atoms with E-state index in [9.17, 15) is 9.59 Å². The SMILES string of the molecule is CC(=O)N(C)c1cc(C(=O)/C=C/N(C)C)ccc1C. The quantitative estimate of drug-likeness (QED) is 0.616. The van der Waals surface area contributed by atoms with E-state index in [1.165, 1.54) is 13.0 Å². The first-order valence-corrected chi connectivity index (χ1v) is 6.07. The van der Waals surface area contributed by atoms with Gasteiger partial charge in [-0.2, -0.15) is 0 Å². The van der Waals surface area contributed by atoms with E-state index < -0.39 is 0 Å². The van der Waals surface area contributed by atoms with E-state index in [0.717, 1.165) is 11.3 Å². The molecule has 1 aromatic rings. The van der Waals surface area contributed by atoms with Gasteiger partial charge in [-0.3, -0.25) is 9.59 Å². The summed E-state index contributed by atoms with van der Waals surface area (Å²) in [5.74, 6) is -0.136. The van der Waals surface area contributed by atoms with E-state index in [1.54, 1.807) is 35.2 Å². The number of anilines is 1. The molecule has 0 saturated heterocycles. The van der Waals surface area contributed by atoms with Crippen molar-refractivity contribution >= 4 is 17.4 Å². The first kappa shape index (κ1) is 15.0. The molecule has 0 fully saturated rings. The number of allylic oxidation sites excluding steroid dienone is 1. The van der Waals surface area contributed by atoms with Gasteiger partial charge in [0.15, 0.2) is 5.78 Å². The molecule has 0 N–H and O–H groups in total. The first-order chi connectivity index (χ1) is 8.82. The maximum atomic E-state index is 12.0. The number of rotatable bonds is 4. The van der Waals surface area contributed by atoms with Gasteiger partial charge in [0, 0.05) is 51.6 Å². The van der Waals surface area contributed by atoms with E-state index in [0.29, 0.717) is 5.56 Å². The first-order valence-electron chi connectivity index (χ1n) is 6.07. The molecule has 0 aliphatic carbocycles. The van der Waals surface area contributed by atoms with E-state index in [1.807, 2.05) is 27.1 Å². The molecule has 19 heavy (non-hydrogen) atoms. The van der Waals surface area contributed by atoms with Gasteiger partial charge in [0.1, 0.15) is 0 Å². The fourth-order valence-electron chi connectivity index (χ4n) is 1.61. The van der Waals surface area contributed by atoms with Crippen LogP contribution in [0.4, 0.5) is 5.69 Å². The van der Waals surface area contributed by atoms with Gasteiger partial charge in [0.2, 0.25) is 5.91 Å². The van der Waals surface area contributed by atoms with E-state index in [-0.39, 0.29) is 11.7 Å². The summed E-state index contributed by atoms with van der Waals surface area (Å²) in [7, 11) is 5.41. The van der Waals surface area contributed by atoms with Gasteiger partial charge < -0.3 is 9.80 Å². The molecule has 4 heteroatoms. The topological polar surface area (TPSA) is 40.6 Å². The van der Waals surface area contributed by atoms with Crippen LogP contribution in [0.3, 0.4) is 0 Å². The van der Waals surface area contributed by atoms with Crippen LogP contribution in [0.25, 0.3) is 0 Å². The molecule has 0 aliphatic heterocycles. The number of amides is 1. The zero-order valence-corrected chi connectivity index (χ0v) is 12.1. The highest BCUT2D eigenvalue weighted by Gasteiger charge is 2.11. The van der Waals surface area contributed by atoms with Crippen molar-refractivity contribution in [2.75, 3.05) is 26.0 Å². The predicted molar refractivity (Wildman–Crippen MR) is 77.4 cm³/mol. The predicted octanol–water partition coefficient (Wildman–Crippen LogP) is 2.24. The van der Waals surface area contributed by atoms with Crippen LogP contribution in [0.15, 0.2) is 30.5 Å². The molecule has 1 aromatic carbocycles. The summed E-state index contributed by atoms with van der Waals surface area (Å²) in [6.07, 6.45) is 3.22. The van der Waals surface area contributed by atoms with Crippen molar-refractivity contribution in [3.8, 4) is 0 Å². The summed E-state index contributed by atoms with van der Waals surface area (Å²) in [5, 5.41) is 0. The lowest BCUT2D eigenvalue weighted by Crippen LogP contribution is -2.23. The highest BCUT2D eigenvalue weighted by atomic mass is 16.2. The molecule has 0 spiro atoms. The summed E-state index contributed by atoms with van der Waals surface area (Å²) >= 11 is 0. The number of aryl methyl sites for hydroxylation is 1. The number of hydrogen-bond acceptors (Lipinski definition) is 3. The molecule has 102 valence electrons. The Hall–Kier alpha value is -2.10. The van der Waals surface area contributed by atoms with E-state index in [2.05, 4.69) is 0 Å². The lowest BCUT2D eigenvalue weighted by atomic mass is 10.1. The molecule has 1 rings (SSSR count). The second kappa shape index (κ2) is 6.18. The molecule has 0 atom stereocenters. The molecule has 0 aromatic heterocycles. The monoisotopic (exact) mass is 260 g/mol. The molecule has 0 radical (unpaired) electrons. The molecule has 0 heterocycles. The van der Waals surface area contributed by atoms with Gasteiger partial charge in [0.25, 0.3) is 0 Å². The summed E-state index contributed by atoms with van der Waals surface area (Å²) in [6.45, 7) is 3.42. The largest absolute Gasteiger partial charge is 0.383 e. The van der Waals surface area contributed by atoms with Gasteiger partial charge in [-0.05, 0) is 18.6 Å². The Labute approximate surface area is 114 Å². The second-order valence-corrected chi connectivity index (χ2v) is 4.72. The lowest BCUT2D eigenvalue weighted by molar-refractivity contribution is -0.116. The van der Waals surface area contributed by atoms with Gasteiger partial charge >= 0.3 is 0 Å². The molecule has 4 nitrogen and oxygen atoms in total. The third-order valence-corrected chi connectivity index (χ3v) is 2.85. The van der Waals surface area contributed by atoms with Crippen molar-refractivity contribution in [2.24, 2.45) is 0 Å². The van der Waals surface area contributed by atoms with Crippen LogP contribution < -0.4 is 4.90 Å². The number of nitrogens with zero attached hydrogens (tertiary/aromatic N) is 2. The maximum absolute atomic E-state index is 12.0. The Balaban J connectivity index is 3.09. The summed E-state index contributed by atoms with van der Waals surface area (Å²) in [6, 6.07) is 5.37. The van der Waals surface area contributed by atoms with Crippen LogP contribution in [0.5, 0.6) is 0 Å². The van der Waals surface area contributed by atoms with Crippen molar-refractivity contribution in [1.29, 1.82) is 0 Å². The normalized spacial score (nSPS) is 10.6. The van der Waals surface area contributed by atoms with Crippen LogP contribution in [0.1, 0.15) is 22.8 Å². The molecule has 0 aliphatic rings. The summed E-state index contributed by atoms with van der Waals surface area (Å²) in [5.41, 5.74) is 2.30. The molecule has 0 bridgehead atoms. The Morgan fingerprint density at radius 3 is 2.32 bits per heavy atom.